The second-order valence-electron chi connectivity index (χ2n) is 6.68. The molecule has 130 valence electrons. The summed E-state index contributed by atoms with van der Waals surface area (Å²) in [6.45, 7) is 3.76. The number of nitrogens with one attached hydrogen (secondary N) is 1. The molecule has 6 heteroatoms. The number of piperazine rings is 1. The Morgan fingerprint density at radius 3 is 2.40 bits per heavy atom. The summed E-state index contributed by atoms with van der Waals surface area (Å²) in [5.74, 6) is 1.97. The molecule has 0 spiro atoms. The minimum atomic E-state index is 0.107. The number of nitrogens with zero attached hydrogens (tertiary/aromatic N) is 4. The standard InChI is InChI=1S/C19H23N5O/c25-19(15-4-3-5-15)22-17-8-7-16(14-21-17)23-10-12-24(13-11-23)18-6-1-2-9-20-18/h1-2,6-9,14-15H,3-5,10-13H2,(H,21,22,25). The van der Waals surface area contributed by atoms with Crippen molar-refractivity contribution in [1.29, 1.82) is 0 Å². The van der Waals surface area contributed by atoms with Crippen molar-refractivity contribution < 1.29 is 4.79 Å². The summed E-state index contributed by atoms with van der Waals surface area (Å²) < 4.78 is 0. The van der Waals surface area contributed by atoms with Gasteiger partial charge in [0, 0.05) is 38.3 Å². The van der Waals surface area contributed by atoms with E-state index in [-0.39, 0.29) is 11.8 Å². The van der Waals surface area contributed by atoms with Gasteiger partial charge in [0.15, 0.2) is 0 Å². The fourth-order valence-electron chi connectivity index (χ4n) is 3.28. The molecule has 3 heterocycles. The van der Waals surface area contributed by atoms with Crippen LogP contribution in [0.3, 0.4) is 0 Å². The van der Waals surface area contributed by atoms with Crippen molar-refractivity contribution in [3.63, 3.8) is 0 Å². The SMILES string of the molecule is O=C(Nc1ccc(N2CCN(c3ccccn3)CC2)cn1)C1CCC1. The molecule has 2 fully saturated rings. The van der Waals surface area contributed by atoms with Crippen LogP contribution < -0.4 is 15.1 Å². The summed E-state index contributed by atoms with van der Waals surface area (Å²) in [5, 5.41) is 2.92. The van der Waals surface area contributed by atoms with E-state index in [9.17, 15) is 4.79 Å². The molecule has 0 aromatic carbocycles. The highest BCUT2D eigenvalue weighted by molar-refractivity contribution is 5.92. The molecule has 0 radical (unpaired) electrons. The van der Waals surface area contributed by atoms with Crippen molar-refractivity contribution in [2.24, 2.45) is 5.92 Å². The Kier molecular flexibility index (Phi) is 4.50. The van der Waals surface area contributed by atoms with Crippen LogP contribution in [0.2, 0.25) is 0 Å². The van der Waals surface area contributed by atoms with Gasteiger partial charge >= 0.3 is 0 Å². The zero-order valence-corrected chi connectivity index (χ0v) is 14.3. The molecule has 1 saturated heterocycles. The van der Waals surface area contributed by atoms with E-state index in [1.54, 1.807) is 0 Å². The van der Waals surface area contributed by atoms with E-state index in [0.717, 1.165) is 56.9 Å². The molecule has 0 bridgehead atoms. The van der Waals surface area contributed by atoms with Gasteiger partial charge in [-0.2, -0.15) is 0 Å². The number of amides is 1. The van der Waals surface area contributed by atoms with E-state index in [1.807, 2.05) is 36.7 Å². The number of aromatic nitrogens is 2. The Morgan fingerprint density at radius 2 is 1.80 bits per heavy atom. The molecule has 1 aliphatic heterocycles. The van der Waals surface area contributed by atoms with Gasteiger partial charge < -0.3 is 15.1 Å². The number of rotatable bonds is 4. The Bertz CT molecular complexity index is 706. The van der Waals surface area contributed by atoms with Crippen LogP contribution in [0.1, 0.15) is 19.3 Å². The summed E-state index contributed by atoms with van der Waals surface area (Å²) in [6.07, 6.45) is 6.86. The molecule has 2 aromatic heterocycles. The third-order valence-corrected chi connectivity index (χ3v) is 5.09. The highest BCUT2D eigenvalue weighted by Gasteiger charge is 2.25. The van der Waals surface area contributed by atoms with Gasteiger partial charge in [0.25, 0.3) is 0 Å². The van der Waals surface area contributed by atoms with Crippen LogP contribution in [0.4, 0.5) is 17.3 Å². The van der Waals surface area contributed by atoms with Crippen LogP contribution in [0.5, 0.6) is 0 Å². The van der Waals surface area contributed by atoms with Crippen LogP contribution in [0, 0.1) is 5.92 Å². The number of hydrogen-bond donors (Lipinski definition) is 1. The Hall–Kier alpha value is -2.63. The minimum absolute atomic E-state index is 0.107. The fourth-order valence-corrected chi connectivity index (χ4v) is 3.28. The Balaban J connectivity index is 1.33. The molecule has 2 aliphatic rings. The molecule has 2 aromatic rings. The Labute approximate surface area is 147 Å². The summed E-state index contributed by atoms with van der Waals surface area (Å²) in [5.41, 5.74) is 1.10. The molecule has 25 heavy (non-hydrogen) atoms. The van der Waals surface area contributed by atoms with E-state index in [2.05, 4.69) is 31.2 Å². The van der Waals surface area contributed by atoms with Crippen LogP contribution in [-0.2, 0) is 4.79 Å². The number of anilines is 3. The maximum Gasteiger partial charge on any atom is 0.228 e. The number of pyridine rings is 2. The van der Waals surface area contributed by atoms with E-state index in [1.165, 1.54) is 0 Å². The van der Waals surface area contributed by atoms with Gasteiger partial charge in [-0.15, -0.1) is 0 Å². The average Bonchev–Trinajstić information content (AvgIpc) is 2.62. The highest BCUT2D eigenvalue weighted by Crippen LogP contribution is 2.27. The highest BCUT2D eigenvalue weighted by atomic mass is 16.2. The normalized spacial score (nSPS) is 17.9. The number of hydrogen-bond acceptors (Lipinski definition) is 5. The molecule has 0 unspecified atom stereocenters. The van der Waals surface area contributed by atoms with Gasteiger partial charge in [-0.05, 0) is 37.1 Å². The lowest BCUT2D eigenvalue weighted by molar-refractivity contribution is -0.122. The smallest absolute Gasteiger partial charge is 0.228 e. The number of carbonyl (C=O) groups excluding carboxylic acids is 1. The molecule has 0 atom stereocenters. The van der Waals surface area contributed by atoms with Crippen LogP contribution in [0.15, 0.2) is 42.7 Å². The Morgan fingerprint density at radius 1 is 1.00 bits per heavy atom. The third-order valence-electron chi connectivity index (χ3n) is 5.09. The fraction of sp³-hybridized carbons (Fsp3) is 0.421. The first-order valence-corrected chi connectivity index (χ1v) is 8.97. The molecular weight excluding hydrogens is 314 g/mol. The van der Waals surface area contributed by atoms with E-state index in [0.29, 0.717) is 5.82 Å². The van der Waals surface area contributed by atoms with Crippen molar-refractivity contribution in [1.82, 2.24) is 9.97 Å². The molecule has 6 nitrogen and oxygen atoms in total. The maximum atomic E-state index is 12.0. The van der Waals surface area contributed by atoms with Crippen LogP contribution in [-0.4, -0.2) is 42.1 Å². The first-order chi connectivity index (χ1) is 12.3. The zero-order chi connectivity index (χ0) is 17.1. The second-order valence-corrected chi connectivity index (χ2v) is 6.68. The second kappa shape index (κ2) is 7.09. The third kappa shape index (κ3) is 3.57. The van der Waals surface area contributed by atoms with Crippen molar-refractivity contribution in [3.8, 4) is 0 Å². The predicted molar refractivity (Wildman–Crippen MR) is 98.9 cm³/mol. The lowest BCUT2D eigenvalue weighted by Gasteiger charge is -2.36. The number of carbonyl (C=O) groups is 1. The lowest BCUT2D eigenvalue weighted by Crippen LogP contribution is -2.46. The van der Waals surface area contributed by atoms with Crippen molar-refractivity contribution in [2.75, 3.05) is 41.3 Å². The molecule has 1 N–H and O–H groups in total. The zero-order valence-electron chi connectivity index (χ0n) is 14.3. The first-order valence-electron chi connectivity index (χ1n) is 8.97. The average molecular weight is 337 g/mol. The predicted octanol–water partition coefficient (Wildman–Crippen LogP) is 2.54. The van der Waals surface area contributed by atoms with Gasteiger partial charge in [0.05, 0.1) is 11.9 Å². The van der Waals surface area contributed by atoms with Crippen molar-refractivity contribution in [2.45, 2.75) is 19.3 Å². The van der Waals surface area contributed by atoms with Gasteiger partial charge in [-0.1, -0.05) is 12.5 Å². The van der Waals surface area contributed by atoms with Gasteiger partial charge in [-0.3, -0.25) is 4.79 Å². The maximum absolute atomic E-state index is 12.0. The summed E-state index contributed by atoms with van der Waals surface area (Å²) in [6, 6.07) is 9.96. The van der Waals surface area contributed by atoms with Crippen LogP contribution in [0.25, 0.3) is 0 Å². The molecule has 1 saturated carbocycles. The first kappa shape index (κ1) is 15.9. The van der Waals surface area contributed by atoms with E-state index < -0.39 is 0 Å². The van der Waals surface area contributed by atoms with Gasteiger partial charge in [0.1, 0.15) is 11.6 Å². The van der Waals surface area contributed by atoms with Gasteiger partial charge in [0.2, 0.25) is 5.91 Å². The quantitative estimate of drug-likeness (QED) is 0.929. The summed E-state index contributed by atoms with van der Waals surface area (Å²) in [4.78, 5) is 25.4. The van der Waals surface area contributed by atoms with Crippen molar-refractivity contribution >= 4 is 23.2 Å². The summed E-state index contributed by atoms with van der Waals surface area (Å²) in [7, 11) is 0. The molecular formula is C19H23N5O. The van der Waals surface area contributed by atoms with E-state index >= 15 is 0 Å². The monoisotopic (exact) mass is 337 g/mol. The molecule has 1 amide bonds. The topological polar surface area (TPSA) is 61.4 Å². The molecule has 4 rings (SSSR count). The minimum Gasteiger partial charge on any atom is -0.367 e. The largest absolute Gasteiger partial charge is 0.367 e. The van der Waals surface area contributed by atoms with Gasteiger partial charge in [-0.25, -0.2) is 9.97 Å². The van der Waals surface area contributed by atoms with Crippen molar-refractivity contribution in [3.05, 3.63) is 42.7 Å². The lowest BCUT2D eigenvalue weighted by atomic mass is 9.85. The molecule has 1 aliphatic carbocycles. The van der Waals surface area contributed by atoms with E-state index in [4.69, 9.17) is 0 Å². The summed E-state index contributed by atoms with van der Waals surface area (Å²) >= 11 is 0. The van der Waals surface area contributed by atoms with Crippen LogP contribution >= 0.6 is 0 Å².